The molecule has 3 nitrogen and oxygen atoms in total. The van der Waals surface area contributed by atoms with E-state index in [1.807, 2.05) is 30.3 Å². The fraction of sp³-hybridized carbons (Fsp3) is 0. The summed E-state index contributed by atoms with van der Waals surface area (Å²) < 4.78 is 6.54. The Morgan fingerprint density at radius 1 is 1.14 bits per heavy atom. The highest BCUT2D eigenvalue weighted by Crippen LogP contribution is 2.33. The summed E-state index contributed by atoms with van der Waals surface area (Å²) in [6.07, 6.45) is 0.723. The van der Waals surface area contributed by atoms with Gasteiger partial charge in [0.2, 0.25) is 5.88 Å². The quantitative estimate of drug-likeness (QED) is 0.597. The lowest BCUT2D eigenvalue weighted by Gasteiger charge is -2.10. The van der Waals surface area contributed by atoms with Crippen molar-refractivity contribution in [1.82, 2.24) is 4.98 Å². The molecule has 0 aliphatic rings. The van der Waals surface area contributed by atoms with E-state index in [1.165, 1.54) is 0 Å². The van der Waals surface area contributed by atoms with Gasteiger partial charge in [0, 0.05) is 9.86 Å². The summed E-state index contributed by atoms with van der Waals surface area (Å²) in [6.45, 7) is 0. The van der Waals surface area contributed by atoms with Gasteiger partial charge in [-0.25, -0.2) is 4.98 Å². The molecule has 0 atom stereocenters. The monoisotopic (exact) mass is 361 g/mol. The van der Waals surface area contributed by atoms with Crippen molar-refractivity contribution in [3.63, 3.8) is 0 Å². The zero-order valence-electron chi connectivity index (χ0n) is 10.7. The van der Waals surface area contributed by atoms with Crippen LogP contribution in [0.5, 0.6) is 11.6 Å². The number of pyridine rings is 1. The van der Waals surface area contributed by atoms with Crippen LogP contribution < -0.4 is 4.74 Å². The van der Waals surface area contributed by atoms with Crippen molar-refractivity contribution in [2.24, 2.45) is 0 Å². The Labute approximate surface area is 134 Å². The maximum atomic E-state index is 11.3. The average molecular weight is 363 g/mol. The number of aldehydes is 1. The maximum Gasteiger partial charge on any atom is 0.230 e. The number of fused-ring (bicyclic) bond motifs is 1. The van der Waals surface area contributed by atoms with Crippen LogP contribution in [0.3, 0.4) is 0 Å². The third-order valence-corrected chi connectivity index (χ3v) is 3.75. The van der Waals surface area contributed by atoms with Gasteiger partial charge >= 0.3 is 0 Å². The van der Waals surface area contributed by atoms with E-state index < -0.39 is 0 Å². The Bertz CT molecular complexity index is 836. The van der Waals surface area contributed by atoms with Gasteiger partial charge in [-0.05, 0) is 30.3 Å². The molecule has 104 valence electrons. The second-order valence-corrected chi connectivity index (χ2v) is 5.69. The Morgan fingerprint density at radius 2 is 1.95 bits per heavy atom. The van der Waals surface area contributed by atoms with Crippen molar-refractivity contribution in [1.29, 1.82) is 0 Å². The minimum atomic E-state index is 0.240. The summed E-state index contributed by atoms with van der Waals surface area (Å²) in [5.74, 6) is 0.681. The van der Waals surface area contributed by atoms with Crippen molar-refractivity contribution in [2.75, 3.05) is 0 Å². The van der Waals surface area contributed by atoms with E-state index in [0.717, 1.165) is 21.7 Å². The molecule has 0 bridgehead atoms. The lowest BCUT2D eigenvalue weighted by atomic mass is 10.1. The normalized spacial score (nSPS) is 10.6. The molecule has 5 heteroatoms. The molecular formula is C16H9BrClNO2. The number of benzene rings is 2. The van der Waals surface area contributed by atoms with E-state index in [4.69, 9.17) is 16.3 Å². The summed E-state index contributed by atoms with van der Waals surface area (Å²) in [7, 11) is 0. The van der Waals surface area contributed by atoms with Crippen molar-refractivity contribution in [3.05, 3.63) is 63.6 Å². The predicted octanol–water partition coefficient (Wildman–Crippen LogP) is 5.26. The third-order valence-electron chi connectivity index (χ3n) is 2.94. The minimum Gasteiger partial charge on any atom is -0.437 e. The average Bonchev–Trinajstić information content (AvgIpc) is 2.50. The summed E-state index contributed by atoms with van der Waals surface area (Å²) >= 11 is 9.45. The molecule has 0 fully saturated rings. The zero-order valence-corrected chi connectivity index (χ0v) is 13.1. The minimum absolute atomic E-state index is 0.240. The topological polar surface area (TPSA) is 39.2 Å². The van der Waals surface area contributed by atoms with Crippen molar-refractivity contribution >= 4 is 44.7 Å². The van der Waals surface area contributed by atoms with Crippen molar-refractivity contribution < 1.29 is 9.53 Å². The van der Waals surface area contributed by atoms with E-state index in [2.05, 4.69) is 20.9 Å². The van der Waals surface area contributed by atoms with E-state index in [0.29, 0.717) is 16.3 Å². The summed E-state index contributed by atoms with van der Waals surface area (Å²) in [6, 6.07) is 14.5. The summed E-state index contributed by atoms with van der Waals surface area (Å²) in [5.41, 5.74) is 1.13. The second kappa shape index (κ2) is 5.84. The van der Waals surface area contributed by atoms with Crippen LogP contribution in [0, 0.1) is 0 Å². The van der Waals surface area contributed by atoms with Crippen LogP contribution >= 0.6 is 27.5 Å². The smallest absolute Gasteiger partial charge is 0.230 e. The van der Waals surface area contributed by atoms with E-state index in [-0.39, 0.29) is 5.88 Å². The highest BCUT2D eigenvalue weighted by molar-refractivity contribution is 9.10. The van der Waals surface area contributed by atoms with Crippen molar-refractivity contribution in [2.45, 2.75) is 0 Å². The van der Waals surface area contributed by atoms with Gasteiger partial charge in [0.25, 0.3) is 0 Å². The number of hydrogen-bond acceptors (Lipinski definition) is 3. The van der Waals surface area contributed by atoms with Gasteiger partial charge in [0.05, 0.1) is 16.1 Å². The molecule has 3 rings (SSSR count). The lowest BCUT2D eigenvalue weighted by Crippen LogP contribution is -1.95. The van der Waals surface area contributed by atoms with Gasteiger partial charge in [0.15, 0.2) is 6.29 Å². The third kappa shape index (κ3) is 2.91. The Kier molecular flexibility index (Phi) is 3.90. The number of carbonyl (C=O) groups excluding carboxylic acids is 1. The number of carbonyl (C=O) groups is 1. The first-order chi connectivity index (χ1) is 10.2. The molecule has 3 aromatic rings. The van der Waals surface area contributed by atoms with Gasteiger partial charge in [-0.15, -0.1) is 0 Å². The second-order valence-electron chi connectivity index (χ2n) is 4.37. The molecule has 0 saturated heterocycles. The van der Waals surface area contributed by atoms with E-state index in [9.17, 15) is 4.79 Å². The largest absolute Gasteiger partial charge is 0.437 e. The molecule has 2 aromatic carbocycles. The van der Waals surface area contributed by atoms with Crippen LogP contribution in [-0.4, -0.2) is 11.3 Å². The highest BCUT2D eigenvalue weighted by atomic mass is 79.9. The zero-order chi connectivity index (χ0) is 14.8. The standard InChI is InChI=1S/C16H9BrClNO2/c17-12-5-6-13(18)15(8-12)21-16-11(9-20)7-10-3-1-2-4-14(10)19-16/h1-9H. The van der Waals surface area contributed by atoms with Crippen LogP contribution in [0.25, 0.3) is 10.9 Å². The van der Waals surface area contributed by atoms with Crippen LogP contribution in [-0.2, 0) is 0 Å². The first-order valence-corrected chi connectivity index (χ1v) is 7.32. The lowest BCUT2D eigenvalue weighted by molar-refractivity contribution is 0.112. The van der Waals surface area contributed by atoms with Gasteiger partial charge in [-0.3, -0.25) is 4.79 Å². The molecule has 0 spiro atoms. The highest BCUT2D eigenvalue weighted by Gasteiger charge is 2.11. The number of rotatable bonds is 3. The number of para-hydroxylation sites is 1. The van der Waals surface area contributed by atoms with Gasteiger partial charge in [-0.1, -0.05) is 45.7 Å². The molecular weight excluding hydrogens is 354 g/mol. The fourth-order valence-electron chi connectivity index (χ4n) is 1.94. The molecule has 1 heterocycles. The van der Waals surface area contributed by atoms with Crippen LogP contribution in [0.1, 0.15) is 10.4 Å². The summed E-state index contributed by atoms with van der Waals surface area (Å²) in [5, 5.41) is 1.33. The van der Waals surface area contributed by atoms with Crippen LogP contribution in [0.15, 0.2) is 53.0 Å². The molecule has 0 amide bonds. The van der Waals surface area contributed by atoms with E-state index in [1.54, 1.807) is 18.2 Å². The van der Waals surface area contributed by atoms with Gasteiger partial charge in [-0.2, -0.15) is 0 Å². The SMILES string of the molecule is O=Cc1cc2ccccc2nc1Oc1cc(Br)ccc1Cl. The Hall–Kier alpha value is -1.91. The number of halogens is 2. The Balaban J connectivity index is 2.10. The van der Waals surface area contributed by atoms with Crippen molar-refractivity contribution in [3.8, 4) is 11.6 Å². The van der Waals surface area contributed by atoms with Crippen LogP contribution in [0.2, 0.25) is 5.02 Å². The maximum absolute atomic E-state index is 11.3. The molecule has 0 aliphatic heterocycles. The summed E-state index contributed by atoms with van der Waals surface area (Å²) in [4.78, 5) is 15.6. The van der Waals surface area contributed by atoms with Gasteiger partial charge in [0.1, 0.15) is 5.75 Å². The van der Waals surface area contributed by atoms with Gasteiger partial charge < -0.3 is 4.74 Å². The van der Waals surface area contributed by atoms with E-state index >= 15 is 0 Å². The first-order valence-electron chi connectivity index (χ1n) is 6.15. The molecule has 0 radical (unpaired) electrons. The van der Waals surface area contributed by atoms with Crippen LogP contribution in [0.4, 0.5) is 0 Å². The molecule has 0 saturated carbocycles. The fourth-order valence-corrected chi connectivity index (χ4v) is 2.44. The number of nitrogens with zero attached hydrogens (tertiary/aromatic N) is 1. The predicted molar refractivity (Wildman–Crippen MR) is 86.4 cm³/mol. The number of hydrogen-bond donors (Lipinski definition) is 0. The number of aromatic nitrogens is 1. The molecule has 1 aromatic heterocycles. The Morgan fingerprint density at radius 3 is 2.76 bits per heavy atom. The number of ether oxygens (including phenoxy) is 1. The molecule has 0 unspecified atom stereocenters. The molecule has 21 heavy (non-hydrogen) atoms. The molecule has 0 N–H and O–H groups in total. The first kappa shape index (κ1) is 14.0. The molecule has 0 aliphatic carbocycles.